The molecule has 0 aromatic carbocycles. The zero-order chi connectivity index (χ0) is 10.4. The van der Waals surface area contributed by atoms with Crippen molar-refractivity contribution in [2.24, 2.45) is 0 Å². The standard InChI is InChI=1S/C11H19NO2/c1-2-3-4-7-11(14)12-8-5-6-10(12)9-13/h2-3,10,13H,4-9H2,1H3/b3-2+/t10-/m0/s1. The van der Waals surface area contributed by atoms with E-state index in [9.17, 15) is 4.79 Å². The van der Waals surface area contributed by atoms with Crippen LogP contribution in [-0.4, -0.2) is 35.1 Å². The number of rotatable bonds is 4. The molecule has 1 heterocycles. The maximum Gasteiger partial charge on any atom is 0.223 e. The van der Waals surface area contributed by atoms with Gasteiger partial charge < -0.3 is 10.0 Å². The molecule has 0 aliphatic carbocycles. The van der Waals surface area contributed by atoms with Gasteiger partial charge in [0.25, 0.3) is 0 Å². The van der Waals surface area contributed by atoms with Gasteiger partial charge in [-0.2, -0.15) is 0 Å². The van der Waals surface area contributed by atoms with Gasteiger partial charge in [-0.3, -0.25) is 4.79 Å². The van der Waals surface area contributed by atoms with E-state index < -0.39 is 0 Å². The average Bonchev–Trinajstić information content (AvgIpc) is 2.65. The fourth-order valence-electron chi connectivity index (χ4n) is 1.87. The largest absolute Gasteiger partial charge is 0.394 e. The van der Waals surface area contributed by atoms with Crippen LogP contribution in [0.3, 0.4) is 0 Å². The molecule has 0 aromatic heterocycles. The number of amides is 1. The first-order chi connectivity index (χ1) is 6.79. The van der Waals surface area contributed by atoms with Crippen molar-refractivity contribution in [3.8, 4) is 0 Å². The van der Waals surface area contributed by atoms with Crippen LogP contribution < -0.4 is 0 Å². The van der Waals surface area contributed by atoms with Crippen LogP contribution in [0.15, 0.2) is 12.2 Å². The summed E-state index contributed by atoms with van der Waals surface area (Å²) in [5.41, 5.74) is 0. The second-order valence-electron chi connectivity index (χ2n) is 3.67. The lowest BCUT2D eigenvalue weighted by molar-refractivity contribution is -0.132. The molecule has 80 valence electrons. The van der Waals surface area contributed by atoms with Gasteiger partial charge in [0.2, 0.25) is 5.91 Å². The van der Waals surface area contributed by atoms with Gasteiger partial charge in [-0.15, -0.1) is 0 Å². The Balaban J connectivity index is 2.35. The summed E-state index contributed by atoms with van der Waals surface area (Å²) in [5, 5.41) is 9.05. The predicted octanol–water partition coefficient (Wildman–Crippen LogP) is 1.33. The normalized spacial score (nSPS) is 22.1. The van der Waals surface area contributed by atoms with E-state index in [0.717, 1.165) is 25.8 Å². The van der Waals surface area contributed by atoms with Gasteiger partial charge in [0, 0.05) is 13.0 Å². The molecule has 0 spiro atoms. The van der Waals surface area contributed by atoms with Gasteiger partial charge >= 0.3 is 0 Å². The predicted molar refractivity (Wildman–Crippen MR) is 55.9 cm³/mol. The number of aliphatic hydroxyl groups excluding tert-OH is 1. The minimum atomic E-state index is 0.0770. The van der Waals surface area contributed by atoms with Crippen molar-refractivity contribution in [1.29, 1.82) is 0 Å². The van der Waals surface area contributed by atoms with Crippen LogP contribution in [-0.2, 0) is 4.79 Å². The van der Waals surface area contributed by atoms with Crippen molar-refractivity contribution < 1.29 is 9.90 Å². The molecule has 1 aliphatic rings. The van der Waals surface area contributed by atoms with Crippen molar-refractivity contribution >= 4 is 5.91 Å². The van der Waals surface area contributed by atoms with Crippen LogP contribution >= 0.6 is 0 Å². The van der Waals surface area contributed by atoms with E-state index in [2.05, 4.69) is 0 Å². The number of carbonyl (C=O) groups is 1. The quantitative estimate of drug-likeness (QED) is 0.691. The molecule has 1 atom stereocenters. The van der Waals surface area contributed by atoms with Crippen molar-refractivity contribution in [2.45, 2.75) is 38.6 Å². The third kappa shape index (κ3) is 2.84. The van der Waals surface area contributed by atoms with Crippen molar-refractivity contribution in [3.63, 3.8) is 0 Å². The van der Waals surface area contributed by atoms with Crippen LogP contribution in [0.25, 0.3) is 0 Å². The van der Waals surface area contributed by atoms with Crippen LogP contribution in [0.1, 0.15) is 32.6 Å². The Kier molecular flexibility index (Phi) is 4.66. The third-order valence-corrected chi connectivity index (χ3v) is 2.67. The topological polar surface area (TPSA) is 40.5 Å². The lowest BCUT2D eigenvalue weighted by atomic mass is 10.2. The Morgan fingerprint density at radius 3 is 3.07 bits per heavy atom. The molecule has 1 amide bonds. The van der Waals surface area contributed by atoms with E-state index in [-0.39, 0.29) is 18.6 Å². The van der Waals surface area contributed by atoms with E-state index in [1.165, 1.54) is 0 Å². The first-order valence-electron chi connectivity index (χ1n) is 5.31. The van der Waals surface area contributed by atoms with Crippen molar-refractivity contribution in [2.75, 3.05) is 13.2 Å². The van der Waals surface area contributed by atoms with Crippen LogP contribution in [0, 0.1) is 0 Å². The van der Waals surface area contributed by atoms with Crippen LogP contribution in [0.5, 0.6) is 0 Å². The number of allylic oxidation sites excluding steroid dienone is 2. The van der Waals surface area contributed by atoms with E-state index in [1.807, 2.05) is 24.0 Å². The first kappa shape index (κ1) is 11.2. The number of nitrogens with zero attached hydrogens (tertiary/aromatic N) is 1. The molecule has 1 rings (SSSR count). The molecule has 0 radical (unpaired) electrons. The summed E-state index contributed by atoms with van der Waals surface area (Å²) in [6.07, 6.45) is 7.32. The monoisotopic (exact) mass is 197 g/mol. The van der Waals surface area contributed by atoms with Gasteiger partial charge in [-0.1, -0.05) is 12.2 Å². The Morgan fingerprint density at radius 2 is 2.43 bits per heavy atom. The summed E-state index contributed by atoms with van der Waals surface area (Å²) in [4.78, 5) is 13.5. The fourth-order valence-corrected chi connectivity index (χ4v) is 1.87. The summed E-state index contributed by atoms with van der Waals surface area (Å²) < 4.78 is 0. The second kappa shape index (κ2) is 5.81. The van der Waals surface area contributed by atoms with E-state index in [1.54, 1.807) is 0 Å². The molecule has 3 nitrogen and oxygen atoms in total. The molecule has 0 aromatic rings. The minimum Gasteiger partial charge on any atom is -0.394 e. The Bertz CT molecular complexity index is 213. The van der Waals surface area contributed by atoms with E-state index in [0.29, 0.717) is 6.42 Å². The van der Waals surface area contributed by atoms with Gasteiger partial charge in [0.1, 0.15) is 0 Å². The molecule has 14 heavy (non-hydrogen) atoms. The molecule has 1 N–H and O–H groups in total. The molecular formula is C11H19NO2. The highest BCUT2D eigenvalue weighted by atomic mass is 16.3. The Labute approximate surface area is 85.4 Å². The zero-order valence-electron chi connectivity index (χ0n) is 8.78. The number of hydrogen-bond acceptors (Lipinski definition) is 2. The fraction of sp³-hybridized carbons (Fsp3) is 0.727. The average molecular weight is 197 g/mol. The molecule has 1 aliphatic heterocycles. The Morgan fingerprint density at radius 1 is 1.64 bits per heavy atom. The SMILES string of the molecule is C/C=C/CCC(=O)N1CCC[C@H]1CO. The molecule has 0 bridgehead atoms. The zero-order valence-corrected chi connectivity index (χ0v) is 8.78. The number of aliphatic hydroxyl groups is 1. The first-order valence-corrected chi connectivity index (χ1v) is 5.31. The van der Waals surface area contributed by atoms with E-state index >= 15 is 0 Å². The lowest BCUT2D eigenvalue weighted by Gasteiger charge is -2.22. The Hall–Kier alpha value is -0.830. The summed E-state index contributed by atoms with van der Waals surface area (Å²) >= 11 is 0. The maximum atomic E-state index is 11.7. The smallest absolute Gasteiger partial charge is 0.223 e. The van der Waals surface area contributed by atoms with Gasteiger partial charge in [0.05, 0.1) is 12.6 Å². The number of carbonyl (C=O) groups excluding carboxylic acids is 1. The summed E-state index contributed by atoms with van der Waals surface area (Å²) in [6.45, 7) is 2.88. The second-order valence-corrected chi connectivity index (χ2v) is 3.67. The highest BCUT2D eigenvalue weighted by Crippen LogP contribution is 2.17. The number of hydrogen-bond donors (Lipinski definition) is 1. The van der Waals surface area contributed by atoms with E-state index in [4.69, 9.17) is 5.11 Å². The molecule has 3 heteroatoms. The molecule has 1 saturated heterocycles. The summed E-state index contributed by atoms with van der Waals surface area (Å²) in [5.74, 6) is 0.180. The molecule has 0 saturated carbocycles. The lowest BCUT2D eigenvalue weighted by Crippen LogP contribution is -2.37. The summed E-state index contributed by atoms with van der Waals surface area (Å²) in [7, 11) is 0. The number of likely N-dealkylation sites (tertiary alicyclic amines) is 1. The minimum absolute atomic E-state index is 0.0770. The molecular weight excluding hydrogens is 178 g/mol. The maximum absolute atomic E-state index is 11.7. The highest BCUT2D eigenvalue weighted by molar-refractivity contribution is 5.77. The summed E-state index contributed by atoms with van der Waals surface area (Å²) in [6, 6.07) is 0.0770. The van der Waals surface area contributed by atoms with Gasteiger partial charge in [0.15, 0.2) is 0 Å². The molecule has 0 unspecified atom stereocenters. The van der Waals surface area contributed by atoms with Crippen molar-refractivity contribution in [3.05, 3.63) is 12.2 Å². The van der Waals surface area contributed by atoms with Gasteiger partial charge in [-0.05, 0) is 26.2 Å². The van der Waals surface area contributed by atoms with Gasteiger partial charge in [-0.25, -0.2) is 0 Å². The van der Waals surface area contributed by atoms with Crippen molar-refractivity contribution in [1.82, 2.24) is 4.90 Å². The van der Waals surface area contributed by atoms with Crippen LogP contribution in [0.2, 0.25) is 0 Å². The highest BCUT2D eigenvalue weighted by Gasteiger charge is 2.26. The third-order valence-electron chi connectivity index (χ3n) is 2.67. The molecule has 1 fully saturated rings. The van der Waals surface area contributed by atoms with Crippen LogP contribution in [0.4, 0.5) is 0 Å².